The predicted molar refractivity (Wildman–Crippen MR) is 138 cm³/mol. The molecule has 1 N–H and O–H groups in total. The third-order valence-electron chi connectivity index (χ3n) is 6.40. The molecule has 1 aliphatic rings. The summed E-state index contributed by atoms with van der Waals surface area (Å²) in [4.78, 5) is 29.6. The molecule has 2 aromatic rings. The second-order valence-electron chi connectivity index (χ2n) is 8.76. The van der Waals surface area contributed by atoms with E-state index in [4.69, 9.17) is 18.9 Å². The maximum atomic E-state index is 12.9. The van der Waals surface area contributed by atoms with Crippen LogP contribution < -0.4 is 24.3 Å². The van der Waals surface area contributed by atoms with Gasteiger partial charge in [-0.05, 0) is 61.8 Å². The molecule has 196 valence electrons. The standard InChI is InChI=1S/C27H37N3O6/c1-29(14-10-28-18-19-7-8-22(33-2)23(15-19)34-3)11-6-12-30-13-9-20-16-24(35-4)25(36-5)17-21(20)26(31)27(30)32/h7-8,15-17,28H,6,9-14,18H2,1-5H3. The minimum absolute atomic E-state index is 0.401. The number of hydrogen-bond donors (Lipinski definition) is 1. The Morgan fingerprint density at radius 1 is 0.889 bits per heavy atom. The van der Waals surface area contributed by atoms with Gasteiger partial charge in [0.1, 0.15) is 0 Å². The first-order valence-electron chi connectivity index (χ1n) is 12.1. The van der Waals surface area contributed by atoms with E-state index >= 15 is 0 Å². The fourth-order valence-corrected chi connectivity index (χ4v) is 4.30. The molecule has 9 nitrogen and oxygen atoms in total. The van der Waals surface area contributed by atoms with Crippen LogP contribution in [0.4, 0.5) is 0 Å². The lowest BCUT2D eigenvalue weighted by Gasteiger charge is -2.22. The van der Waals surface area contributed by atoms with Gasteiger partial charge in [-0.1, -0.05) is 6.07 Å². The van der Waals surface area contributed by atoms with Gasteiger partial charge in [-0.3, -0.25) is 9.59 Å². The Bertz CT molecular complexity index is 1060. The number of hydrogen-bond acceptors (Lipinski definition) is 8. The molecule has 0 unspecified atom stereocenters. The number of nitrogens with one attached hydrogen (secondary N) is 1. The van der Waals surface area contributed by atoms with E-state index in [1.807, 2.05) is 18.2 Å². The Morgan fingerprint density at radius 2 is 1.56 bits per heavy atom. The number of methoxy groups -OCH3 is 4. The maximum Gasteiger partial charge on any atom is 0.294 e. The zero-order chi connectivity index (χ0) is 26.1. The van der Waals surface area contributed by atoms with Crippen LogP contribution in [0.2, 0.25) is 0 Å². The van der Waals surface area contributed by atoms with Gasteiger partial charge in [-0.2, -0.15) is 0 Å². The molecule has 0 saturated carbocycles. The molecule has 0 spiro atoms. The third-order valence-corrected chi connectivity index (χ3v) is 6.40. The van der Waals surface area contributed by atoms with Crippen molar-refractivity contribution in [1.29, 1.82) is 0 Å². The summed E-state index contributed by atoms with van der Waals surface area (Å²) in [6, 6.07) is 9.30. The number of benzene rings is 2. The summed E-state index contributed by atoms with van der Waals surface area (Å²) in [6.45, 7) is 4.29. The number of carbonyl (C=O) groups is 2. The van der Waals surface area contributed by atoms with Crippen molar-refractivity contribution in [2.45, 2.75) is 19.4 Å². The van der Waals surface area contributed by atoms with Crippen molar-refractivity contribution in [2.75, 3.05) is 68.2 Å². The first kappa shape index (κ1) is 27.3. The molecule has 3 rings (SSSR count). The van der Waals surface area contributed by atoms with Crippen LogP contribution in [-0.4, -0.2) is 89.7 Å². The third kappa shape index (κ3) is 6.67. The Hall–Kier alpha value is -3.30. The first-order valence-corrected chi connectivity index (χ1v) is 12.1. The minimum atomic E-state index is -0.490. The van der Waals surface area contributed by atoms with E-state index in [0.717, 1.165) is 49.5 Å². The molecular weight excluding hydrogens is 462 g/mol. The van der Waals surface area contributed by atoms with Gasteiger partial charge in [-0.15, -0.1) is 0 Å². The Kier molecular flexibility index (Phi) is 9.95. The van der Waals surface area contributed by atoms with E-state index in [1.165, 1.54) is 7.11 Å². The summed E-state index contributed by atoms with van der Waals surface area (Å²) in [5.41, 5.74) is 2.33. The number of amides is 1. The highest BCUT2D eigenvalue weighted by Crippen LogP contribution is 2.32. The lowest BCUT2D eigenvalue weighted by molar-refractivity contribution is -0.126. The van der Waals surface area contributed by atoms with Crippen LogP contribution >= 0.6 is 0 Å². The number of ether oxygens (including phenoxy) is 4. The van der Waals surface area contributed by atoms with Gasteiger partial charge in [0.2, 0.25) is 0 Å². The zero-order valence-corrected chi connectivity index (χ0v) is 21.9. The Morgan fingerprint density at radius 3 is 2.25 bits per heavy atom. The van der Waals surface area contributed by atoms with Crippen molar-refractivity contribution in [3.63, 3.8) is 0 Å². The smallest absolute Gasteiger partial charge is 0.294 e. The second-order valence-corrected chi connectivity index (χ2v) is 8.76. The predicted octanol–water partition coefficient (Wildman–Crippen LogP) is 2.40. The van der Waals surface area contributed by atoms with Gasteiger partial charge in [0.25, 0.3) is 11.7 Å². The topological polar surface area (TPSA) is 89.6 Å². The molecule has 0 saturated heterocycles. The molecule has 1 heterocycles. The van der Waals surface area contributed by atoms with Crippen LogP contribution in [-0.2, 0) is 17.8 Å². The molecule has 36 heavy (non-hydrogen) atoms. The SMILES string of the molecule is COc1ccc(CNCCN(C)CCCN2CCc3cc(OC)c(OC)cc3C(=O)C2=O)cc1OC. The van der Waals surface area contributed by atoms with E-state index in [0.29, 0.717) is 42.3 Å². The number of likely N-dealkylation sites (N-methyl/N-ethyl adjacent to an activating group) is 1. The molecule has 9 heteroatoms. The number of fused-ring (bicyclic) bond motifs is 1. The lowest BCUT2D eigenvalue weighted by atomic mass is 10.0. The molecule has 0 fully saturated rings. The molecule has 2 aromatic carbocycles. The summed E-state index contributed by atoms with van der Waals surface area (Å²) in [6.07, 6.45) is 1.39. The van der Waals surface area contributed by atoms with Crippen LogP contribution in [0.1, 0.15) is 27.9 Å². The lowest BCUT2D eigenvalue weighted by Crippen LogP contribution is -2.38. The molecule has 1 amide bonds. The quantitative estimate of drug-likeness (QED) is 0.332. The molecule has 0 atom stereocenters. The van der Waals surface area contributed by atoms with Crippen molar-refractivity contribution >= 4 is 11.7 Å². The summed E-state index contributed by atoms with van der Waals surface area (Å²) < 4.78 is 21.3. The van der Waals surface area contributed by atoms with Crippen molar-refractivity contribution in [2.24, 2.45) is 0 Å². The van der Waals surface area contributed by atoms with Gasteiger partial charge in [-0.25, -0.2) is 0 Å². The molecule has 0 aromatic heterocycles. The maximum absolute atomic E-state index is 12.9. The highest BCUT2D eigenvalue weighted by atomic mass is 16.5. The van der Waals surface area contributed by atoms with Gasteiger partial charge >= 0.3 is 0 Å². The highest BCUT2D eigenvalue weighted by Gasteiger charge is 2.30. The van der Waals surface area contributed by atoms with E-state index in [-0.39, 0.29) is 0 Å². The van der Waals surface area contributed by atoms with Crippen molar-refractivity contribution in [3.05, 3.63) is 47.0 Å². The van der Waals surface area contributed by atoms with Gasteiger partial charge in [0, 0.05) is 38.3 Å². The summed E-state index contributed by atoms with van der Waals surface area (Å²) in [5.74, 6) is 1.50. The van der Waals surface area contributed by atoms with Gasteiger partial charge in [0.05, 0.1) is 28.4 Å². The van der Waals surface area contributed by atoms with Crippen molar-refractivity contribution < 1.29 is 28.5 Å². The van der Waals surface area contributed by atoms with Crippen LogP contribution in [0.3, 0.4) is 0 Å². The van der Waals surface area contributed by atoms with E-state index in [1.54, 1.807) is 38.4 Å². The second kappa shape index (κ2) is 13.1. The Labute approximate surface area is 213 Å². The molecule has 0 aliphatic carbocycles. The molecule has 0 bridgehead atoms. The van der Waals surface area contributed by atoms with E-state index < -0.39 is 11.7 Å². The molecule has 0 radical (unpaired) electrons. The fourth-order valence-electron chi connectivity index (χ4n) is 4.30. The van der Waals surface area contributed by atoms with Crippen LogP contribution in [0.25, 0.3) is 0 Å². The van der Waals surface area contributed by atoms with E-state index in [9.17, 15) is 9.59 Å². The van der Waals surface area contributed by atoms with Crippen LogP contribution in [0, 0.1) is 0 Å². The molecular formula is C27H37N3O6. The average Bonchev–Trinajstić information content (AvgIpc) is 3.01. The van der Waals surface area contributed by atoms with Crippen molar-refractivity contribution in [1.82, 2.24) is 15.1 Å². The fraction of sp³-hybridized carbons (Fsp3) is 0.481. The number of Topliss-reactive ketones (excluding diaryl/α,β-unsaturated/α-hetero) is 1. The number of ketones is 1. The number of rotatable bonds is 13. The molecule has 1 aliphatic heterocycles. The summed E-state index contributed by atoms with van der Waals surface area (Å²) in [5, 5.41) is 3.44. The average molecular weight is 500 g/mol. The highest BCUT2D eigenvalue weighted by molar-refractivity contribution is 6.43. The normalized spacial score (nSPS) is 13.4. The minimum Gasteiger partial charge on any atom is -0.493 e. The van der Waals surface area contributed by atoms with E-state index in [2.05, 4.69) is 17.3 Å². The summed E-state index contributed by atoms with van der Waals surface area (Å²) >= 11 is 0. The monoisotopic (exact) mass is 499 g/mol. The largest absolute Gasteiger partial charge is 0.493 e. The van der Waals surface area contributed by atoms with Crippen LogP contribution in [0.15, 0.2) is 30.3 Å². The summed E-state index contributed by atoms with van der Waals surface area (Å²) in [7, 11) is 8.39. The van der Waals surface area contributed by atoms with Crippen LogP contribution in [0.5, 0.6) is 23.0 Å². The number of carbonyl (C=O) groups excluding carboxylic acids is 2. The van der Waals surface area contributed by atoms with Crippen molar-refractivity contribution in [3.8, 4) is 23.0 Å². The van der Waals surface area contributed by atoms with Gasteiger partial charge in [0.15, 0.2) is 23.0 Å². The Balaban J connectivity index is 1.43. The zero-order valence-electron chi connectivity index (χ0n) is 21.9. The van der Waals surface area contributed by atoms with Gasteiger partial charge < -0.3 is 34.1 Å². The number of nitrogens with zero attached hydrogens (tertiary/aromatic N) is 2. The first-order chi connectivity index (χ1) is 17.4.